The van der Waals surface area contributed by atoms with E-state index in [0.29, 0.717) is 36.4 Å². The molecule has 0 spiro atoms. The summed E-state index contributed by atoms with van der Waals surface area (Å²) < 4.78 is 149. The SMILES string of the molecule is NS(=O)(=O)c1cc2cc(O[P+](=O)Oc3cc4cc(S(N)(=O)=O)c(C(F)(F)F)cc4[nH]c3=O)c(=O)[nH]c2cc1C(F)(F)F. The average molecular weight is 661 g/mol. The Morgan fingerprint density at radius 1 is 0.643 bits per heavy atom. The van der Waals surface area contributed by atoms with Crippen LogP contribution < -0.4 is 30.4 Å². The van der Waals surface area contributed by atoms with E-state index in [1.807, 2.05) is 9.97 Å². The van der Waals surface area contributed by atoms with Gasteiger partial charge in [0, 0.05) is 38.5 Å². The van der Waals surface area contributed by atoms with Gasteiger partial charge in [-0.25, -0.2) is 36.2 Å². The van der Waals surface area contributed by atoms with Gasteiger partial charge in [-0.3, -0.25) is 9.59 Å². The summed E-state index contributed by atoms with van der Waals surface area (Å²) in [5.41, 5.74) is -6.93. The van der Waals surface area contributed by atoms with Crippen molar-refractivity contribution in [1.29, 1.82) is 0 Å². The first kappa shape index (κ1) is 30.9. The van der Waals surface area contributed by atoms with Crippen molar-refractivity contribution in [2.75, 3.05) is 0 Å². The number of alkyl halides is 6. The summed E-state index contributed by atoms with van der Waals surface area (Å²) in [6.45, 7) is 0. The van der Waals surface area contributed by atoms with Crippen LogP contribution in [0.2, 0.25) is 0 Å². The maximum absolute atomic E-state index is 13.3. The van der Waals surface area contributed by atoms with Crippen LogP contribution in [0, 0.1) is 0 Å². The molecular weight excluding hydrogens is 649 g/mol. The number of nitrogens with one attached hydrogen (secondary N) is 2. The number of hydrogen-bond acceptors (Lipinski definition) is 9. The van der Waals surface area contributed by atoms with E-state index < -0.39 is 95.2 Å². The summed E-state index contributed by atoms with van der Waals surface area (Å²) in [5.74, 6) is -1.76. The van der Waals surface area contributed by atoms with Crippen LogP contribution >= 0.6 is 8.25 Å². The monoisotopic (exact) mass is 661 g/mol. The molecule has 42 heavy (non-hydrogen) atoms. The molecule has 0 saturated carbocycles. The standard InChI is InChI=1S/C20H11F6N4O9PS2/c21-19(22,23)9-5-11-7(3-15(9)41(27,34)35)1-13(17(31)29-11)38-40(33)39-14-2-8-4-16(42(28,36)37)10(20(24,25)26)6-12(8)30-18(14)32/h1-6H,(H5-,27,28,29,30,31,32,34,35,36,37)/p+1. The summed E-state index contributed by atoms with van der Waals surface area (Å²) >= 11 is 0. The van der Waals surface area contributed by atoms with E-state index >= 15 is 0 Å². The number of aromatic nitrogens is 2. The van der Waals surface area contributed by atoms with Crippen LogP contribution in [0.3, 0.4) is 0 Å². The molecule has 13 nitrogen and oxygen atoms in total. The number of fused-ring (bicyclic) bond motifs is 2. The molecule has 4 rings (SSSR count). The van der Waals surface area contributed by atoms with Gasteiger partial charge in [-0.1, -0.05) is 0 Å². The Labute approximate surface area is 229 Å². The zero-order valence-electron chi connectivity index (χ0n) is 19.8. The highest BCUT2D eigenvalue weighted by Crippen LogP contribution is 2.38. The zero-order chi connectivity index (χ0) is 31.6. The highest BCUT2D eigenvalue weighted by Gasteiger charge is 2.38. The Balaban J connectivity index is 1.73. The highest BCUT2D eigenvalue weighted by atomic mass is 32.2. The second kappa shape index (κ2) is 10.1. The van der Waals surface area contributed by atoms with Crippen molar-refractivity contribution >= 4 is 50.1 Å². The van der Waals surface area contributed by atoms with Crippen molar-refractivity contribution in [2.45, 2.75) is 22.1 Å². The smallest absolute Gasteiger partial charge is 0.319 e. The number of aromatic amines is 2. The van der Waals surface area contributed by atoms with E-state index in [4.69, 9.17) is 19.3 Å². The minimum Gasteiger partial charge on any atom is -0.319 e. The first-order valence-corrected chi connectivity index (χ1v) is 14.7. The first-order chi connectivity index (χ1) is 19.1. The fourth-order valence-corrected chi connectivity index (χ4v) is 5.83. The van der Waals surface area contributed by atoms with Crippen LogP contribution in [0.25, 0.3) is 21.8 Å². The summed E-state index contributed by atoms with van der Waals surface area (Å²) in [5, 5.41) is 9.00. The van der Waals surface area contributed by atoms with Crippen molar-refractivity contribution in [1.82, 2.24) is 9.97 Å². The molecule has 0 saturated heterocycles. The quantitative estimate of drug-likeness (QED) is 0.176. The lowest BCUT2D eigenvalue weighted by molar-refractivity contribution is -0.140. The van der Waals surface area contributed by atoms with E-state index in [0.717, 1.165) is 0 Å². The highest BCUT2D eigenvalue weighted by molar-refractivity contribution is 7.89. The number of hydrogen-bond donors (Lipinski definition) is 4. The molecule has 22 heteroatoms. The molecule has 0 bridgehead atoms. The predicted molar refractivity (Wildman–Crippen MR) is 131 cm³/mol. The molecule has 0 radical (unpaired) electrons. The molecule has 4 aromatic rings. The van der Waals surface area contributed by atoms with Crippen LogP contribution in [0.15, 0.2) is 55.8 Å². The molecule has 224 valence electrons. The van der Waals surface area contributed by atoms with Gasteiger partial charge in [0.25, 0.3) is 22.6 Å². The van der Waals surface area contributed by atoms with Gasteiger partial charge in [0.05, 0.1) is 20.9 Å². The fourth-order valence-electron chi connectivity index (χ4n) is 3.66. The lowest BCUT2D eigenvalue weighted by Gasteiger charge is -2.13. The lowest BCUT2D eigenvalue weighted by Crippen LogP contribution is -2.20. The van der Waals surface area contributed by atoms with Crippen molar-refractivity contribution in [3.63, 3.8) is 0 Å². The van der Waals surface area contributed by atoms with Crippen LogP contribution in [0.4, 0.5) is 26.3 Å². The van der Waals surface area contributed by atoms with Gasteiger partial charge in [0.2, 0.25) is 20.0 Å². The summed E-state index contributed by atoms with van der Waals surface area (Å²) in [4.78, 5) is 25.9. The molecule has 0 aliphatic carbocycles. The van der Waals surface area contributed by atoms with E-state index in [-0.39, 0.29) is 10.8 Å². The number of rotatable bonds is 6. The van der Waals surface area contributed by atoms with Crippen LogP contribution in [-0.2, 0) is 37.0 Å². The average Bonchev–Trinajstić information content (AvgIpc) is 2.81. The Morgan fingerprint density at radius 2 is 0.976 bits per heavy atom. The second-order valence-corrected chi connectivity index (χ2v) is 12.2. The molecule has 2 aromatic carbocycles. The van der Waals surface area contributed by atoms with Crippen LogP contribution in [0.1, 0.15) is 11.1 Å². The normalized spacial score (nSPS) is 13.0. The van der Waals surface area contributed by atoms with Crippen molar-refractivity contribution in [3.05, 3.63) is 68.2 Å². The lowest BCUT2D eigenvalue weighted by atomic mass is 10.1. The summed E-state index contributed by atoms with van der Waals surface area (Å²) in [7, 11) is -13.4. The van der Waals surface area contributed by atoms with E-state index in [1.165, 1.54) is 0 Å². The van der Waals surface area contributed by atoms with Crippen molar-refractivity contribution < 1.29 is 56.8 Å². The van der Waals surface area contributed by atoms with Gasteiger partial charge in [-0.05, 0) is 24.3 Å². The maximum atomic E-state index is 13.3. The van der Waals surface area contributed by atoms with E-state index in [9.17, 15) is 57.3 Å². The zero-order valence-corrected chi connectivity index (χ0v) is 22.4. The van der Waals surface area contributed by atoms with Gasteiger partial charge in [0.1, 0.15) is 0 Å². The number of benzene rings is 2. The molecule has 2 heterocycles. The van der Waals surface area contributed by atoms with Crippen molar-refractivity contribution in [2.24, 2.45) is 10.3 Å². The minimum atomic E-state index is -5.18. The van der Waals surface area contributed by atoms with E-state index in [2.05, 4.69) is 0 Å². The summed E-state index contributed by atoms with van der Waals surface area (Å²) in [6.07, 6.45) is -10.4. The molecule has 0 unspecified atom stereocenters. The first-order valence-electron chi connectivity index (χ1n) is 10.5. The third-order valence-corrected chi connectivity index (χ3v) is 7.98. The topological polar surface area (TPSA) is 222 Å². The molecule has 0 fully saturated rings. The number of H-pyrrole nitrogens is 2. The molecule has 0 aliphatic rings. The molecule has 0 atom stereocenters. The van der Waals surface area contributed by atoms with Gasteiger partial charge >= 0.3 is 20.6 Å². The summed E-state index contributed by atoms with van der Waals surface area (Å²) in [6, 6.07) is 2.92. The van der Waals surface area contributed by atoms with Gasteiger partial charge in [-0.15, -0.1) is 0 Å². The Bertz CT molecular complexity index is 1990. The number of halogens is 6. The number of primary sulfonamides is 2. The molecule has 2 aromatic heterocycles. The van der Waals surface area contributed by atoms with Crippen molar-refractivity contribution in [3.8, 4) is 11.5 Å². The van der Waals surface area contributed by atoms with Gasteiger partial charge in [0.15, 0.2) is 0 Å². The molecule has 6 N–H and O–H groups in total. The van der Waals surface area contributed by atoms with Gasteiger partial charge < -0.3 is 9.97 Å². The largest absolute Gasteiger partial charge is 0.805 e. The number of nitrogens with two attached hydrogens (primary N) is 2. The molecule has 0 amide bonds. The third-order valence-electron chi connectivity index (χ3n) is 5.39. The Kier molecular flexibility index (Phi) is 7.40. The van der Waals surface area contributed by atoms with Crippen LogP contribution in [-0.4, -0.2) is 26.8 Å². The minimum absolute atomic E-state index is 0.297. The second-order valence-electron chi connectivity index (χ2n) is 8.29. The Morgan fingerprint density at radius 3 is 1.26 bits per heavy atom. The van der Waals surface area contributed by atoms with E-state index in [1.54, 1.807) is 0 Å². The number of sulfonamides is 2. The maximum Gasteiger partial charge on any atom is 0.805 e. The molecule has 0 aliphatic heterocycles. The fraction of sp³-hybridized carbons (Fsp3) is 0.100. The molecular formula is C20H12F6N4O9PS2+. The van der Waals surface area contributed by atoms with Crippen LogP contribution in [0.5, 0.6) is 11.5 Å². The van der Waals surface area contributed by atoms with Gasteiger partial charge in [-0.2, -0.15) is 26.3 Å². The Hall–Kier alpha value is -4.04. The number of pyridine rings is 2. The third kappa shape index (κ3) is 6.23. The predicted octanol–water partition coefficient (Wildman–Crippen LogP) is 2.82.